The lowest BCUT2D eigenvalue weighted by Gasteiger charge is -2.25. The van der Waals surface area contributed by atoms with Crippen LogP contribution in [0.15, 0.2) is 0 Å². The average Bonchev–Trinajstić information content (AvgIpc) is 1.94. The number of nitrogens with two attached hydrogens (primary N) is 1. The van der Waals surface area contributed by atoms with E-state index in [4.69, 9.17) is 5.73 Å². The Labute approximate surface area is 80.9 Å². The molecule has 1 fully saturated rings. The Bertz CT molecular complexity index is 173. The number of ketones is 1. The number of carbonyl (C=O) groups is 1. The maximum Gasteiger partial charge on any atom is 0.149 e. The zero-order valence-corrected chi connectivity index (χ0v) is 8.75. The van der Waals surface area contributed by atoms with Crippen LogP contribution in [0.1, 0.15) is 46.0 Å². The molecule has 0 heterocycles. The number of hydrogen-bond acceptors (Lipinski definition) is 2. The summed E-state index contributed by atoms with van der Waals surface area (Å²) in [6.45, 7) is 4.22. The van der Waals surface area contributed by atoms with Gasteiger partial charge >= 0.3 is 0 Å². The minimum Gasteiger partial charge on any atom is -0.322 e. The van der Waals surface area contributed by atoms with Gasteiger partial charge in [0.25, 0.3) is 0 Å². The summed E-state index contributed by atoms with van der Waals surface area (Å²) in [7, 11) is 0. The maximum absolute atomic E-state index is 11.6. The van der Waals surface area contributed by atoms with Crippen LogP contribution in [-0.2, 0) is 4.79 Å². The van der Waals surface area contributed by atoms with Crippen LogP contribution in [0.3, 0.4) is 0 Å². The highest BCUT2D eigenvalue weighted by Crippen LogP contribution is 2.29. The lowest BCUT2D eigenvalue weighted by atomic mass is 9.80. The van der Waals surface area contributed by atoms with Gasteiger partial charge in [-0.1, -0.05) is 33.1 Å². The van der Waals surface area contributed by atoms with Crippen molar-refractivity contribution < 1.29 is 4.79 Å². The fourth-order valence-corrected chi connectivity index (χ4v) is 1.77. The third kappa shape index (κ3) is 3.47. The first-order valence-electron chi connectivity index (χ1n) is 5.38. The molecule has 1 aliphatic rings. The molecule has 0 aromatic rings. The van der Waals surface area contributed by atoms with Gasteiger partial charge in [0.15, 0.2) is 0 Å². The van der Waals surface area contributed by atoms with Crippen LogP contribution >= 0.6 is 0 Å². The summed E-state index contributed by atoms with van der Waals surface area (Å²) in [5, 5.41) is 0. The Morgan fingerprint density at radius 2 is 2.08 bits per heavy atom. The lowest BCUT2D eigenvalue weighted by molar-refractivity contribution is -0.122. The molecule has 1 atom stereocenters. The van der Waals surface area contributed by atoms with Gasteiger partial charge in [-0.3, -0.25) is 4.79 Å². The molecule has 0 bridgehead atoms. The SMILES string of the molecule is CC(C)CC(N)C(=O)CC1CCC1. The first-order chi connectivity index (χ1) is 6.09. The summed E-state index contributed by atoms with van der Waals surface area (Å²) in [6.07, 6.45) is 5.34. The normalized spacial score (nSPS) is 20.0. The van der Waals surface area contributed by atoms with E-state index in [1.165, 1.54) is 19.3 Å². The van der Waals surface area contributed by atoms with Crippen LogP contribution in [0, 0.1) is 11.8 Å². The Kier molecular flexibility index (Phi) is 3.91. The van der Waals surface area contributed by atoms with Crippen molar-refractivity contribution in [3.8, 4) is 0 Å². The van der Waals surface area contributed by atoms with Crippen LogP contribution in [0.2, 0.25) is 0 Å². The van der Waals surface area contributed by atoms with Crippen molar-refractivity contribution in [3.05, 3.63) is 0 Å². The van der Waals surface area contributed by atoms with Gasteiger partial charge in [-0.2, -0.15) is 0 Å². The van der Waals surface area contributed by atoms with Crippen molar-refractivity contribution in [1.29, 1.82) is 0 Å². The monoisotopic (exact) mass is 183 g/mol. The second-order valence-corrected chi connectivity index (χ2v) is 4.70. The van der Waals surface area contributed by atoms with E-state index in [1.807, 2.05) is 0 Å². The molecule has 2 heteroatoms. The molecular weight excluding hydrogens is 162 g/mol. The summed E-state index contributed by atoms with van der Waals surface area (Å²) in [6, 6.07) is -0.208. The zero-order valence-electron chi connectivity index (χ0n) is 8.75. The first-order valence-corrected chi connectivity index (χ1v) is 5.38. The van der Waals surface area contributed by atoms with E-state index in [9.17, 15) is 4.79 Å². The van der Waals surface area contributed by atoms with E-state index >= 15 is 0 Å². The molecule has 0 aromatic heterocycles. The van der Waals surface area contributed by atoms with E-state index in [-0.39, 0.29) is 11.8 Å². The molecule has 0 radical (unpaired) electrons. The molecule has 1 saturated carbocycles. The number of hydrogen-bond donors (Lipinski definition) is 1. The first kappa shape index (κ1) is 10.7. The molecule has 13 heavy (non-hydrogen) atoms. The second-order valence-electron chi connectivity index (χ2n) is 4.70. The largest absolute Gasteiger partial charge is 0.322 e. The van der Waals surface area contributed by atoms with Crippen molar-refractivity contribution in [2.24, 2.45) is 17.6 Å². The van der Waals surface area contributed by atoms with Gasteiger partial charge in [-0.25, -0.2) is 0 Å². The minimum atomic E-state index is -0.208. The summed E-state index contributed by atoms with van der Waals surface area (Å²) in [4.78, 5) is 11.6. The second kappa shape index (κ2) is 4.75. The molecule has 1 rings (SSSR count). The third-order valence-corrected chi connectivity index (χ3v) is 2.85. The number of carbonyl (C=O) groups excluding carboxylic acids is 1. The lowest BCUT2D eigenvalue weighted by Crippen LogP contribution is -2.34. The van der Waals surface area contributed by atoms with Crippen LogP contribution in [-0.4, -0.2) is 11.8 Å². The minimum absolute atomic E-state index is 0.208. The molecule has 1 unspecified atom stereocenters. The summed E-state index contributed by atoms with van der Waals surface area (Å²) >= 11 is 0. The standard InChI is InChI=1S/C11H21NO/c1-8(2)6-10(12)11(13)7-9-4-3-5-9/h8-10H,3-7,12H2,1-2H3. The van der Waals surface area contributed by atoms with Gasteiger partial charge < -0.3 is 5.73 Å². The van der Waals surface area contributed by atoms with Gasteiger partial charge in [-0.05, 0) is 18.3 Å². The number of Topliss-reactive ketones (excluding diaryl/α,β-unsaturated/α-hetero) is 1. The molecule has 2 nitrogen and oxygen atoms in total. The van der Waals surface area contributed by atoms with Crippen LogP contribution in [0.4, 0.5) is 0 Å². The Hall–Kier alpha value is -0.370. The predicted octanol–water partition coefficient (Wildman–Crippen LogP) is 2.12. The highest BCUT2D eigenvalue weighted by molar-refractivity contribution is 5.84. The molecule has 2 N–H and O–H groups in total. The van der Waals surface area contributed by atoms with Crippen LogP contribution in [0.25, 0.3) is 0 Å². The molecular formula is C11H21NO. The van der Waals surface area contributed by atoms with Crippen molar-refractivity contribution in [2.45, 2.75) is 52.0 Å². The summed E-state index contributed by atoms with van der Waals surface area (Å²) in [5.74, 6) is 1.46. The average molecular weight is 183 g/mol. The van der Waals surface area contributed by atoms with Crippen LogP contribution in [0.5, 0.6) is 0 Å². The smallest absolute Gasteiger partial charge is 0.149 e. The van der Waals surface area contributed by atoms with Gasteiger partial charge in [0.1, 0.15) is 5.78 Å². The molecule has 76 valence electrons. The Morgan fingerprint density at radius 3 is 2.46 bits per heavy atom. The van der Waals surface area contributed by atoms with E-state index in [1.54, 1.807) is 0 Å². The maximum atomic E-state index is 11.6. The molecule has 0 amide bonds. The van der Waals surface area contributed by atoms with Crippen molar-refractivity contribution in [3.63, 3.8) is 0 Å². The number of rotatable bonds is 5. The Balaban J connectivity index is 2.20. The molecule has 0 aromatic carbocycles. The van der Waals surface area contributed by atoms with Gasteiger partial charge in [-0.15, -0.1) is 0 Å². The third-order valence-electron chi connectivity index (χ3n) is 2.85. The van der Waals surface area contributed by atoms with Gasteiger partial charge in [0.2, 0.25) is 0 Å². The molecule has 0 saturated heterocycles. The molecule has 1 aliphatic carbocycles. The van der Waals surface area contributed by atoms with E-state index in [0.29, 0.717) is 11.8 Å². The molecule has 0 spiro atoms. The van der Waals surface area contributed by atoms with Gasteiger partial charge in [0, 0.05) is 6.42 Å². The van der Waals surface area contributed by atoms with E-state index < -0.39 is 0 Å². The van der Waals surface area contributed by atoms with E-state index in [0.717, 1.165) is 12.8 Å². The highest BCUT2D eigenvalue weighted by Gasteiger charge is 2.23. The van der Waals surface area contributed by atoms with E-state index in [2.05, 4.69) is 13.8 Å². The van der Waals surface area contributed by atoms with Crippen molar-refractivity contribution in [2.75, 3.05) is 0 Å². The zero-order chi connectivity index (χ0) is 9.84. The molecule has 0 aliphatic heterocycles. The fourth-order valence-electron chi connectivity index (χ4n) is 1.77. The highest BCUT2D eigenvalue weighted by atomic mass is 16.1. The van der Waals surface area contributed by atoms with Gasteiger partial charge in [0.05, 0.1) is 6.04 Å². The topological polar surface area (TPSA) is 43.1 Å². The van der Waals surface area contributed by atoms with Crippen LogP contribution < -0.4 is 5.73 Å². The van der Waals surface area contributed by atoms with Crippen molar-refractivity contribution in [1.82, 2.24) is 0 Å². The summed E-state index contributed by atoms with van der Waals surface area (Å²) in [5.41, 5.74) is 5.80. The quantitative estimate of drug-likeness (QED) is 0.709. The predicted molar refractivity (Wildman–Crippen MR) is 54.4 cm³/mol. The Morgan fingerprint density at radius 1 is 1.46 bits per heavy atom. The van der Waals surface area contributed by atoms with Crippen molar-refractivity contribution >= 4 is 5.78 Å². The fraction of sp³-hybridized carbons (Fsp3) is 0.909. The summed E-state index contributed by atoms with van der Waals surface area (Å²) < 4.78 is 0.